The molecule has 0 N–H and O–H groups in total. The van der Waals surface area contributed by atoms with Crippen molar-refractivity contribution in [3.05, 3.63) is 6.42 Å². The molecular formula is C9H17O2W2Y2-. The van der Waals surface area contributed by atoms with E-state index in [4.69, 9.17) is 9.47 Å². The minimum absolute atomic E-state index is 0. The van der Waals surface area contributed by atoms with Crippen LogP contribution in [0.2, 0.25) is 0 Å². The molecule has 0 aliphatic carbocycles. The van der Waals surface area contributed by atoms with E-state index < -0.39 is 0 Å². The average molecular weight is 703 g/mol. The van der Waals surface area contributed by atoms with Crippen LogP contribution in [0.4, 0.5) is 0 Å². The summed E-state index contributed by atoms with van der Waals surface area (Å²) in [5, 5.41) is 0. The van der Waals surface area contributed by atoms with Gasteiger partial charge in [-0.1, -0.05) is 13.8 Å². The third-order valence-corrected chi connectivity index (χ3v) is 2.21. The fraction of sp³-hybridized carbons (Fsp3) is 0.889. The van der Waals surface area contributed by atoms with Crippen LogP contribution in [-0.4, -0.2) is 19.5 Å². The van der Waals surface area contributed by atoms with Crippen molar-refractivity contribution < 1.29 is 117 Å². The molecule has 0 spiro atoms. The molecule has 2 radical (unpaired) electrons. The van der Waals surface area contributed by atoms with E-state index in [1.165, 1.54) is 0 Å². The molecule has 1 rings (SSSR count). The number of hydrogen-bond acceptors (Lipinski definition) is 2. The number of rotatable bonds is 2. The molecule has 0 bridgehead atoms. The van der Waals surface area contributed by atoms with Gasteiger partial charge in [-0.2, -0.15) is 5.92 Å². The third kappa shape index (κ3) is 11.1. The van der Waals surface area contributed by atoms with Gasteiger partial charge in [-0.05, 0) is 12.8 Å². The second-order valence-electron chi connectivity index (χ2n) is 3.19. The summed E-state index contributed by atoms with van der Waals surface area (Å²) in [5.74, 6) is 1.24. The molecule has 0 unspecified atom stereocenters. The van der Waals surface area contributed by atoms with Crippen LogP contribution in [0.3, 0.4) is 0 Å². The van der Waals surface area contributed by atoms with Crippen molar-refractivity contribution in [3.63, 3.8) is 0 Å². The number of ether oxygens (including phenoxy) is 2. The normalized spacial score (nSPS) is 28.6. The summed E-state index contributed by atoms with van der Waals surface area (Å²) in [4.78, 5) is 0. The van der Waals surface area contributed by atoms with Crippen LogP contribution in [0.1, 0.15) is 20.8 Å². The molecule has 0 amide bonds. The molecule has 1 aliphatic rings. The van der Waals surface area contributed by atoms with Gasteiger partial charge in [-0.3, -0.25) is 6.42 Å². The monoisotopic (exact) mass is 703 g/mol. The fourth-order valence-corrected chi connectivity index (χ4v) is 1.16. The Kier molecular flexibility index (Phi) is 28.0. The van der Waals surface area contributed by atoms with E-state index in [2.05, 4.69) is 20.3 Å². The van der Waals surface area contributed by atoms with Gasteiger partial charge < -0.3 is 9.47 Å². The zero-order valence-electron chi connectivity index (χ0n) is 9.51. The molecule has 1 fully saturated rings. The molecule has 0 aromatic carbocycles. The van der Waals surface area contributed by atoms with Crippen molar-refractivity contribution >= 4 is 0 Å². The summed E-state index contributed by atoms with van der Waals surface area (Å²) in [7, 11) is 0. The zero-order valence-corrected chi connectivity index (χ0v) is 21.1. The Balaban J connectivity index is -0.000000151. The third-order valence-electron chi connectivity index (χ3n) is 2.21. The molecule has 2 nitrogen and oxygen atoms in total. The average Bonchev–Trinajstić information content (AvgIpc) is 1.98. The van der Waals surface area contributed by atoms with Crippen LogP contribution in [0.15, 0.2) is 0 Å². The van der Waals surface area contributed by atoms with Gasteiger partial charge in [0, 0.05) is 127 Å². The quantitative estimate of drug-likeness (QED) is 0.410. The Morgan fingerprint density at radius 2 is 1.80 bits per heavy atom. The smallest absolute Gasteiger partial charge is 0.0467 e. The molecule has 84 valence electrons. The first-order chi connectivity index (χ1) is 5.24. The molecule has 1 aliphatic heterocycles. The Labute approximate surface area is 172 Å². The van der Waals surface area contributed by atoms with E-state index in [0.717, 1.165) is 13.2 Å². The minimum atomic E-state index is -0.0637. The molecular weight excluding hydrogens is 686 g/mol. The first-order valence-corrected chi connectivity index (χ1v) is 4.32. The zero-order chi connectivity index (χ0) is 8.27. The maximum absolute atomic E-state index is 5.42. The molecule has 6 heteroatoms. The Morgan fingerprint density at radius 3 is 2.20 bits per heavy atom. The van der Waals surface area contributed by atoms with E-state index in [0.29, 0.717) is 11.8 Å². The fourth-order valence-electron chi connectivity index (χ4n) is 1.16. The van der Waals surface area contributed by atoms with Crippen molar-refractivity contribution in [2.75, 3.05) is 13.2 Å². The van der Waals surface area contributed by atoms with Gasteiger partial charge in [0.1, 0.15) is 0 Å². The number of hydrogen-bond donors (Lipinski definition) is 0. The molecule has 3 atom stereocenters. The van der Waals surface area contributed by atoms with Crippen molar-refractivity contribution in [1.82, 2.24) is 0 Å². The van der Waals surface area contributed by atoms with Gasteiger partial charge in [0.2, 0.25) is 0 Å². The molecule has 0 saturated carbocycles. The standard InChI is InChI=1S/C9H17O2.2W.2Y/c1-4-10-9-5-7(2)8(3)6-11-9;;;;/h5,7-9H,4,6H2,1-3H3;;;;/q-1;;;;/t7-,8+,9-;;;;/m1..../s1. The van der Waals surface area contributed by atoms with Crippen molar-refractivity contribution in [1.29, 1.82) is 0 Å². The molecule has 0 aromatic heterocycles. The van der Waals surface area contributed by atoms with Crippen LogP contribution in [0.5, 0.6) is 0 Å². The first kappa shape index (κ1) is 27.0. The predicted molar refractivity (Wildman–Crippen MR) is 44.0 cm³/mol. The van der Waals surface area contributed by atoms with Crippen molar-refractivity contribution in [2.24, 2.45) is 11.8 Å². The second kappa shape index (κ2) is 15.6. The summed E-state index contributed by atoms with van der Waals surface area (Å²) in [6, 6.07) is 0. The summed E-state index contributed by atoms with van der Waals surface area (Å²) >= 11 is 0. The summed E-state index contributed by atoms with van der Waals surface area (Å²) in [5.41, 5.74) is 0. The van der Waals surface area contributed by atoms with E-state index in [1.54, 1.807) is 0 Å². The van der Waals surface area contributed by atoms with E-state index >= 15 is 0 Å². The molecule has 1 heterocycles. The SMILES string of the molecule is CCO[C@H]1[CH-][C@@H](C)[C@@H](C)CO1.[W].[W].[Y].[Y]. The van der Waals surface area contributed by atoms with Gasteiger partial charge >= 0.3 is 0 Å². The van der Waals surface area contributed by atoms with Crippen molar-refractivity contribution in [2.45, 2.75) is 27.1 Å². The summed E-state index contributed by atoms with van der Waals surface area (Å²) in [6.07, 6.45) is 2.07. The van der Waals surface area contributed by atoms with E-state index in [9.17, 15) is 0 Å². The van der Waals surface area contributed by atoms with Crippen LogP contribution < -0.4 is 0 Å². The second-order valence-corrected chi connectivity index (χ2v) is 3.19. The van der Waals surface area contributed by atoms with E-state index in [-0.39, 0.29) is 114 Å². The molecule has 15 heavy (non-hydrogen) atoms. The van der Waals surface area contributed by atoms with Gasteiger partial charge in [0.15, 0.2) is 0 Å². The maximum Gasteiger partial charge on any atom is 0.0467 e. The predicted octanol–water partition coefficient (Wildman–Crippen LogP) is 1.85. The largest absolute Gasteiger partial charge is 0.384 e. The van der Waals surface area contributed by atoms with Gasteiger partial charge in [-0.25, -0.2) is 0 Å². The Morgan fingerprint density at radius 1 is 1.27 bits per heavy atom. The molecule has 0 aromatic rings. The summed E-state index contributed by atoms with van der Waals surface area (Å²) in [6.45, 7) is 7.94. The summed E-state index contributed by atoms with van der Waals surface area (Å²) < 4.78 is 10.7. The van der Waals surface area contributed by atoms with Crippen molar-refractivity contribution in [3.8, 4) is 0 Å². The molecule has 1 saturated heterocycles. The van der Waals surface area contributed by atoms with Gasteiger partial charge in [0.25, 0.3) is 0 Å². The Bertz CT molecular complexity index is 131. The van der Waals surface area contributed by atoms with Crippen LogP contribution in [0.25, 0.3) is 0 Å². The van der Waals surface area contributed by atoms with Crippen LogP contribution in [0, 0.1) is 18.3 Å². The van der Waals surface area contributed by atoms with Gasteiger partial charge in [-0.15, -0.1) is 0 Å². The van der Waals surface area contributed by atoms with E-state index in [1.807, 2.05) is 6.92 Å². The minimum Gasteiger partial charge on any atom is -0.384 e. The Hall–Kier alpha value is 3.50. The van der Waals surface area contributed by atoms with Gasteiger partial charge in [0.05, 0.1) is 0 Å². The van der Waals surface area contributed by atoms with Crippen LogP contribution in [-0.2, 0) is 117 Å². The topological polar surface area (TPSA) is 18.5 Å². The maximum atomic E-state index is 5.42. The van der Waals surface area contributed by atoms with Crippen LogP contribution >= 0.6 is 0 Å². The first-order valence-electron chi connectivity index (χ1n) is 4.32.